The second kappa shape index (κ2) is 7.75. The highest BCUT2D eigenvalue weighted by Gasteiger charge is 2.22. The summed E-state index contributed by atoms with van der Waals surface area (Å²) in [5.74, 6) is -0.476. The summed E-state index contributed by atoms with van der Waals surface area (Å²) < 4.78 is 19.1. The molecule has 0 aromatic heterocycles. The monoisotopic (exact) mass is 326 g/mol. The second-order valence-electron chi connectivity index (χ2n) is 6.78. The number of hydrogen-bond donors (Lipinski definition) is 3. The number of aliphatic hydroxyl groups is 1. The second-order valence-corrected chi connectivity index (χ2v) is 6.78. The van der Waals surface area contributed by atoms with Crippen molar-refractivity contribution in [1.29, 1.82) is 0 Å². The van der Waals surface area contributed by atoms with Crippen molar-refractivity contribution < 1.29 is 19.0 Å². The predicted octanol–water partition coefficient (Wildman–Crippen LogP) is 2.72. The van der Waals surface area contributed by atoms with Crippen LogP contribution in [0.1, 0.15) is 50.0 Å². The van der Waals surface area contributed by atoms with E-state index in [1.807, 2.05) is 6.92 Å². The average Bonchev–Trinajstić information content (AvgIpc) is 2.40. The molecule has 5 nitrogen and oxygen atoms in total. The Balaban J connectivity index is 2.57. The van der Waals surface area contributed by atoms with E-state index < -0.39 is 29.7 Å². The van der Waals surface area contributed by atoms with Crippen molar-refractivity contribution in [3.8, 4) is 0 Å². The molecule has 0 aliphatic carbocycles. The van der Waals surface area contributed by atoms with Crippen molar-refractivity contribution in [1.82, 2.24) is 5.32 Å². The number of nitrogens with one attached hydrogen (secondary N) is 1. The summed E-state index contributed by atoms with van der Waals surface area (Å²) in [5, 5.41) is 12.8. The predicted molar refractivity (Wildman–Crippen MR) is 87.7 cm³/mol. The van der Waals surface area contributed by atoms with Crippen molar-refractivity contribution in [2.45, 2.75) is 58.8 Å². The van der Waals surface area contributed by atoms with Gasteiger partial charge in [0.05, 0.1) is 6.10 Å². The molecular weight excluding hydrogens is 299 g/mol. The maximum atomic E-state index is 14.0. The molecule has 1 rings (SSSR count). The summed E-state index contributed by atoms with van der Waals surface area (Å²) in [6.07, 6.45) is -1.38. The van der Waals surface area contributed by atoms with Gasteiger partial charge in [0.15, 0.2) is 0 Å². The van der Waals surface area contributed by atoms with E-state index in [1.54, 1.807) is 33.8 Å². The number of ether oxygens (including phenoxy) is 1. The summed E-state index contributed by atoms with van der Waals surface area (Å²) in [7, 11) is 0. The zero-order chi connectivity index (χ0) is 17.8. The van der Waals surface area contributed by atoms with Crippen LogP contribution in [0.2, 0.25) is 0 Å². The van der Waals surface area contributed by atoms with Gasteiger partial charge in [0, 0.05) is 18.2 Å². The Morgan fingerprint density at radius 2 is 1.91 bits per heavy atom. The van der Waals surface area contributed by atoms with Crippen molar-refractivity contribution in [2.75, 3.05) is 6.54 Å². The lowest BCUT2D eigenvalue weighted by Crippen LogP contribution is -2.37. The van der Waals surface area contributed by atoms with E-state index >= 15 is 0 Å². The minimum Gasteiger partial charge on any atom is -0.444 e. The average molecular weight is 326 g/mol. The molecule has 2 atom stereocenters. The van der Waals surface area contributed by atoms with Gasteiger partial charge in [-0.2, -0.15) is 0 Å². The third-order valence-corrected chi connectivity index (χ3v) is 3.48. The molecule has 0 aliphatic rings. The molecule has 130 valence electrons. The molecule has 0 radical (unpaired) electrons. The molecule has 1 aromatic rings. The number of alkyl carbamates (subject to hydrolysis) is 1. The van der Waals surface area contributed by atoms with E-state index in [4.69, 9.17) is 10.5 Å². The molecule has 23 heavy (non-hydrogen) atoms. The van der Waals surface area contributed by atoms with Gasteiger partial charge in [-0.15, -0.1) is 0 Å². The van der Waals surface area contributed by atoms with Crippen LogP contribution in [-0.2, 0) is 4.74 Å². The zero-order valence-electron chi connectivity index (χ0n) is 14.4. The van der Waals surface area contributed by atoms with Crippen molar-refractivity contribution >= 4 is 6.09 Å². The molecule has 0 saturated carbocycles. The molecule has 2 unspecified atom stereocenters. The Hall–Kier alpha value is -1.66. The number of nitrogens with two attached hydrogens (primary N) is 1. The fraction of sp³-hybridized carbons (Fsp3) is 0.588. The number of hydrogen-bond acceptors (Lipinski definition) is 4. The summed E-state index contributed by atoms with van der Waals surface area (Å²) in [4.78, 5) is 11.5. The van der Waals surface area contributed by atoms with Crippen LogP contribution < -0.4 is 11.1 Å². The van der Waals surface area contributed by atoms with Gasteiger partial charge in [-0.1, -0.05) is 6.07 Å². The van der Waals surface area contributed by atoms with E-state index in [2.05, 4.69) is 5.32 Å². The van der Waals surface area contributed by atoms with Crippen LogP contribution in [0.3, 0.4) is 0 Å². The summed E-state index contributed by atoms with van der Waals surface area (Å²) >= 11 is 0. The molecule has 0 spiro atoms. The van der Waals surface area contributed by atoms with Crippen molar-refractivity contribution in [3.05, 3.63) is 34.6 Å². The SMILES string of the molecule is Cc1cc(F)c(C(O)C(N)CCNC(=O)OC(C)(C)C)cc1C. The van der Waals surface area contributed by atoms with Crippen LogP contribution in [0.25, 0.3) is 0 Å². The molecule has 1 aromatic carbocycles. The Morgan fingerprint density at radius 1 is 1.35 bits per heavy atom. The highest BCUT2D eigenvalue weighted by Crippen LogP contribution is 2.23. The molecule has 0 fully saturated rings. The molecule has 0 aliphatic heterocycles. The highest BCUT2D eigenvalue weighted by molar-refractivity contribution is 5.67. The maximum absolute atomic E-state index is 14.0. The summed E-state index contributed by atoms with van der Waals surface area (Å²) in [6, 6.07) is 2.30. The molecule has 0 bridgehead atoms. The lowest BCUT2D eigenvalue weighted by Gasteiger charge is -2.22. The smallest absolute Gasteiger partial charge is 0.407 e. The summed E-state index contributed by atoms with van der Waals surface area (Å²) in [5.41, 5.74) is 7.22. The third-order valence-electron chi connectivity index (χ3n) is 3.48. The van der Waals surface area contributed by atoms with Crippen LogP contribution in [0.15, 0.2) is 12.1 Å². The normalized spacial score (nSPS) is 14.3. The van der Waals surface area contributed by atoms with Gasteiger partial charge >= 0.3 is 6.09 Å². The Kier molecular flexibility index (Phi) is 6.53. The molecule has 0 heterocycles. The Bertz CT molecular complexity index is 556. The zero-order valence-corrected chi connectivity index (χ0v) is 14.4. The Labute approximate surface area is 137 Å². The Morgan fingerprint density at radius 3 is 2.48 bits per heavy atom. The first-order chi connectivity index (χ1) is 10.5. The van der Waals surface area contributed by atoms with Gasteiger partial charge in [-0.25, -0.2) is 9.18 Å². The minimum absolute atomic E-state index is 0.179. The summed E-state index contributed by atoms with van der Waals surface area (Å²) in [6.45, 7) is 9.19. The van der Waals surface area contributed by atoms with E-state index in [-0.39, 0.29) is 12.1 Å². The van der Waals surface area contributed by atoms with Gasteiger partial charge < -0.3 is 20.9 Å². The van der Waals surface area contributed by atoms with Crippen LogP contribution >= 0.6 is 0 Å². The number of benzene rings is 1. The topological polar surface area (TPSA) is 84.6 Å². The largest absolute Gasteiger partial charge is 0.444 e. The van der Waals surface area contributed by atoms with Crippen LogP contribution in [-0.4, -0.2) is 29.4 Å². The fourth-order valence-corrected chi connectivity index (χ4v) is 2.07. The first-order valence-corrected chi connectivity index (χ1v) is 7.68. The lowest BCUT2D eigenvalue weighted by molar-refractivity contribution is 0.0521. The highest BCUT2D eigenvalue weighted by atomic mass is 19.1. The van der Waals surface area contributed by atoms with E-state index in [0.29, 0.717) is 6.42 Å². The fourth-order valence-electron chi connectivity index (χ4n) is 2.07. The minimum atomic E-state index is -1.13. The van der Waals surface area contributed by atoms with Crippen LogP contribution in [0, 0.1) is 19.7 Å². The quantitative estimate of drug-likeness (QED) is 0.777. The number of aliphatic hydroxyl groups excluding tert-OH is 1. The standard InChI is InChI=1S/C17H27FN2O3/c1-10-8-12(13(18)9-11(10)2)15(21)14(19)6-7-20-16(22)23-17(3,4)5/h8-9,14-15,21H,6-7,19H2,1-5H3,(H,20,22). The van der Waals surface area contributed by atoms with Gasteiger partial charge in [-0.3, -0.25) is 0 Å². The number of carbonyl (C=O) groups is 1. The molecule has 6 heteroatoms. The van der Waals surface area contributed by atoms with E-state index in [9.17, 15) is 14.3 Å². The number of amides is 1. The number of carbonyl (C=O) groups excluding carboxylic acids is 1. The number of halogens is 1. The lowest BCUT2D eigenvalue weighted by atomic mass is 9.96. The van der Waals surface area contributed by atoms with Crippen LogP contribution in [0.5, 0.6) is 0 Å². The van der Waals surface area contributed by atoms with Crippen LogP contribution in [0.4, 0.5) is 9.18 Å². The number of rotatable bonds is 5. The molecule has 0 saturated heterocycles. The molecule has 1 amide bonds. The molecule has 4 N–H and O–H groups in total. The van der Waals surface area contributed by atoms with E-state index in [0.717, 1.165) is 11.1 Å². The maximum Gasteiger partial charge on any atom is 0.407 e. The first kappa shape index (κ1) is 19.4. The third kappa shape index (κ3) is 6.15. The van der Waals surface area contributed by atoms with Gasteiger partial charge in [0.25, 0.3) is 0 Å². The van der Waals surface area contributed by atoms with Gasteiger partial charge in [0.2, 0.25) is 0 Å². The number of aryl methyl sites for hydroxylation is 2. The molecular formula is C17H27FN2O3. The van der Waals surface area contributed by atoms with Crippen molar-refractivity contribution in [2.24, 2.45) is 5.73 Å². The van der Waals surface area contributed by atoms with Gasteiger partial charge in [0.1, 0.15) is 11.4 Å². The van der Waals surface area contributed by atoms with E-state index in [1.165, 1.54) is 6.07 Å². The first-order valence-electron chi connectivity index (χ1n) is 7.68. The van der Waals surface area contributed by atoms with Gasteiger partial charge in [-0.05, 0) is 58.2 Å². The van der Waals surface area contributed by atoms with Crippen molar-refractivity contribution in [3.63, 3.8) is 0 Å².